The number of likely N-dealkylation sites (N-methyl/N-ethyl adjacent to an activating group) is 1. The first-order valence-electron chi connectivity index (χ1n) is 6.84. The number of halogens is 1. The van der Waals surface area contributed by atoms with E-state index in [9.17, 15) is 4.79 Å². The predicted octanol–water partition coefficient (Wildman–Crippen LogP) is 4.28. The van der Waals surface area contributed by atoms with Crippen LogP contribution in [0.15, 0.2) is 24.3 Å². The molecule has 0 bridgehead atoms. The van der Waals surface area contributed by atoms with Crippen LogP contribution in [0.2, 0.25) is 5.02 Å². The number of ketones is 1. The number of Topliss-reactive ketones (excluding diaryl/α,β-unsaturated/α-hetero) is 1. The Balaban J connectivity index is 2.73. The summed E-state index contributed by atoms with van der Waals surface area (Å²) >= 11 is 5.84. The van der Waals surface area contributed by atoms with E-state index in [2.05, 4.69) is 25.7 Å². The van der Waals surface area contributed by atoms with Gasteiger partial charge in [0.25, 0.3) is 0 Å². The minimum absolute atomic E-state index is 0.116. The van der Waals surface area contributed by atoms with Gasteiger partial charge in [-0.2, -0.15) is 0 Å². The minimum atomic E-state index is -0.116. The summed E-state index contributed by atoms with van der Waals surface area (Å²) in [6.45, 7) is 8.55. The molecule has 0 N–H and O–H groups in total. The minimum Gasteiger partial charge on any atom is -0.294 e. The van der Waals surface area contributed by atoms with Crippen molar-refractivity contribution in [3.8, 4) is 0 Å². The number of rotatable bonds is 6. The van der Waals surface area contributed by atoms with E-state index in [0.717, 1.165) is 12.0 Å². The second kappa shape index (κ2) is 7.06. The van der Waals surface area contributed by atoms with Crippen molar-refractivity contribution in [2.45, 2.75) is 46.2 Å². The van der Waals surface area contributed by atoms with Gasteiger partial charge in [-0.15, -0.1) is 0 Å². The maximum Gasteiger partial charge on any atom is 0.179 e. The number of hydrogen-bond acceptors (Lipinski definition) is 2. The Morgan fingerprint density at radius 2 is 1.68 bits per heavy atom. The predicted molar refractivity (Wildman–Crippen MR) is 81.9 cm³/mol. The summed E-state index contributed by atoms with van der Waals surface area (Å²) in [4.78, 5) is 14.6. The van der Waals surface area contributed by atoms with Crippen molar-refractivity contribution in [2.24, 2.45) is 5.92 Å². The van der Waals surface area contributed by atoms with Gasteiger partial charge in [0.2, 0.25) is 0 Å². The van der Waals surface area contributed by atoms with Gasteiger partial charge in [0.05, 0.1) is 6.04 Å². The molecule has 2 atom stereocenters. The lowest BCUT2D eigenvalue weighted by molar-refractivity contribution is 0.0811. The zero-order valence-corrected chi connectivity index (χ0v) is 13.2. The van der Waals surface area contributed by atoms with Gasteiger partial charge in [0.15, 0.2) is 5.78 Å². The summed E-state index contributed by atoms with van der Waals surface area (Å²) in [5.74, 6) is 0.782. The summed E-state index contributed by atoms with van der Waals surface area (Å²) in [7, 11) is 2.02. The van der Waals surface area contributed by atoms with Crippen LogP contribution in [0.25, 0.3) is 0 Å². The Kier molecular flexibility index (Phi) is 6.02. The van der Waals surface area contributed by atoms with E-state index in [1.165, 1.54) is 0 Å². The van der Waals surface area contributed by atoms with Crippen molar-refractivity contribution in [1.29, 1.82) is 0 Å². The highest BCUT2D eigenvalue weighted by atomic mass is 35.5. The molecule has 0 saturated heterocycles. The zero-order chi connectivity index (χ0) is 14.6. The summed E-state index contributed by atoms with van der Waals surface area (Å²) in [5.41, 5.74) is 0.723. The summed E-state index contributed by atoms with van der Waals surface area (Å²) in [6, 6.07) is 7.39. The van der Waals surface area contributed by atoms with Gasteiger partial charge in [-0.1, -0.05) is 25.4 Å². The Morgan fingerprint density at radius 1 is 1.16 bits per heavy atom. The highest BCUT2D eigenvalue weighted by Gasteiger charge is 2.23. The van der Waals surface area contributed by atoms with E-state index < -0.39 is 0 Å². The maximum absolute atomic E-state index is 12.4. The molecule has 0 saturated carbocycles. The van der Waals surface area contributed by atoms with Gasteiger partial charge in [-0.25, -0.2) is 0 Å². The Bertz CT molecular complexity index is 413. The van der Waals surface area contributed by atoms with Crippen molar-refractivity contribution >= 4 is 17.4 Å². The zero-order valence-electron chi connectivity index (χ0n) is 12.5. The van der Waals surface area contributed by atoms with Crippen molar-refractivity contribution < 1.29 is 4.79 Å². The van der Waals surface area contributed by atoms with E-state index in [0.29, 0.717) is 17.0 Å². The molecule has 0 amide bonds. The molecule has 2 nitrogen and oxygen atoms in total. The molecule has 0 aliphatic heterocycles. The second-order valence-electron chi connectivity index (χ2n) is 5.69. The molecule has 0 spiro atoms. The molecule has 2 unspecified atom stereocenters. The third-order valence-corrected chi connectivity index (χ3v) is 3.88. The highest BCUT2D eigenvalue weighted by molar-refractivity contribution is 6.30. The van der Waals surface area contributed by atoms with Gasteiger partial charge in [-0.3, -0.25) is 9.69 Å². The van der Waals surface area contributed by atoms with Crippen LogP contribution in [-0.4, -0.2) is 29.8 Å². The third-order valence-electron chi connectivity index (χ3n) is 3.63. The van der Waals surface area contributed by atoms with Crippen molar-refractivity contribution in [3.63, 3.8) is 0 Å². The molecule has 0 fully saturated rings. The fourth-order valence-corrected chi connectivity index (χ4v) is 2.40. The maximum atomic E-state index is 12.4. The van der Waals surface area contributed by atoms with Gasteiger partial charge in [0, 0.05) is 16.6 Å². The summed E-state index contributed by atoms with van der Waals surface area (Å²) < 4.78 is 0. The Morgan fingerprint density at radius 3 is 2.16 bits per heavy atom. The molecule has 1 aromatic rings. The SMILES string of the molecule is CC(C)CC(C)N(C)C(C)C(=O)c1ccc(Cl)cc1. The molecular formula is C16H24ClNO. The molecule has 106 valence electrons. The van der Waals surface area contributed by atoms with E-state index >= 15 is 0 Å². The summed E-state index contributed by atoms with van der Waals surface area (Å²) in [5, 5.41) is 0.658. The lowest BCUT2D eigenvalue weighted by atomic mass is 10.00. The Hall–Kier alpha value is -0.860. The number of carbonyl (C=O) groups is 1. The molecule has 0 aromatic heterocycles. The van der Waals surface area contributed by atoms with E-state index in [4.69, 9.17) is 11.6 Å². The average molecular weight is 282 g/mol. The van der Waals surface area contributed by atoms with Crippen LogP contribution in [-0.2, 0) is 0 Å². The largest absolute Gasteiger partial charge is 0.294 e. The van der Waals surface area contributed by atoms with E-state index in [1.807, 2.05) is 14.0 Å². The molecule has 1 aromatic carbocycles. The van der Waals surface area contributed by atoms with Crippen molar-refractivity contribution in [2.75, 3.05) is 7.05 Å². The van der Waals surface area contributed by atoms with Gasteiger partial charge < -0.3 is 0 Å². The molecular weight excluding hydrogens is 258 g/mol. The number of nitrogens with zero attached hydrogens (tertiary/aromatic N) is 1. The van der Waals surface area contributed by atoms with Crippen LogP contribution >= 0.6 is 11.6 Å². The number of benzene rings is 1. The quantitative estimate of drug-likeness (QED) is 0.726. The first-order chi connectivity index (χ1) is 8.82. The summed E-state index contributed by atoms with van der Waals surface area (Å²) in [6.07, 6.45) is 1.09. The molecule has 0 aliphatic rings. The monoisotopic (exact) mass is 281 g/mol. The van der Waals surface area contributed by atoms with Crippen molar-refractivity contribution in [1.82, 2.24) is 4.90 Å². The normalized spacial score (nSPS) is 14.7. The van der Waals surface area contributed by atoms with Crippen LogP contribution in [0.4, 0.5) is 0 Å². The highest BCUT2D eigenvalue weighted by Crippen LogP contribution is 2.16. The van der Waals surface area contributed by atoms with Crippen LogP contribution < -0.4 is 0 Å². The van der Waals surface area contributed by atoms with Crippen LogP contribution in [0.5, 0.6) is 0 Å². The number of carbonyl (C=O) groups excluding carboxylic acids is 1. The first-order valence-corrected chi connectivity index (χ1v) is 7.22. The van der Waals surface area contributed by atoms with Gasteiger partial charge in [0.1, 0.15) is 0 Å². The molecule has 0 radical (unpaired) electrons. The topological polar surface area (TPSA) is 20.3 Å². The molecule has 3 heteroatoms. The fraction of sp³-hybridized carbons (Fsp3) is 0.562. The third kappa shape index (κ3) is 4.63. The van der Waals surface area contributed by atoms with Crippen LogP contribution in [0.1, 0.15) is 44.5 Å². The van der Waals surface area contributed by atoms with Crippen LogP contribution in [0.3, 0.4) is 0 Å². The molecule has 19 heavy (non-hydrogen) atoms. The molecule has 0 aliphatic carbocycles. The first kappa shape index (κ1) is 16.2. The molecule has 0 heterocycles. The van der Waals surface area contributed by atoms with E-state index in [1.54, 1.807) is 24.3 Å². The number of hydrogen-bond donors (Lipinski definition) is 0. The smallest absolute Gasteiger partial charge is 0.179 e. The van der Waals surface area contributed by atoms with Crippen molar-refractivity contribution in [3.05, 3.63) is 34.9 Å². The second-order valence-corrected chi connectivity index (χ2v) is 6.13. The standard InChI is InChI=1S/C16H24ClNO/c1-11(2)10-12(3)18(5)13(4)16(19)14-6-8-15(17)9-7-14/h6-9,11-13H,10H2,1-5H3. The van der Waals surface area contributed by atoms with E-state index in [-0.39, 0.29) is 11.8 Å². The lowest BCUT2D eigenvalue weighted by Gasteiger charge is -2.31. The fourth-order valence-electron chi connectivity index (χ4n) is 2.27. The van der Waals surface area contributed by atoms with Crippen LogP contribution in [0, 0.1) is 5.92 Å². The Labute approximate surface area is 121 Å². The van der Waals surface area contributed by atoms with Gasteiger partial charge >= 0.3 is 0 Å². The average Bonchev–Trinajstić information content (AvgIpc) is 2.36. The van der Waals surface area contributed by atoms with Gasteiger partial charge in [-0.05, 0) is 57.5 Å². The molecule has 1 rings (SSSR count). The lowest BCUT2D eigenvalue weighted by Crippen LogP contribution is -2.42.